The van der Waals surface area contributed by atoms with Gasteiger partial charge in [0.15, 0.2) is 0 Å². The molecule has 1 atom stereocenters. The van der Waals surface area contributed by atoms with E-state index in [-0.39, 0.29) is 29.4 Å². The van der Waals surface area contributed by atoms with Crippen LogP contribution in [0.25, 0.3) is 0 Å². The summed E-state index contributed by atoms with van der Waals surface area (Å²) in [6.45, 7) is 0. The highest BCUT2D eigenvalue weighted by Gasteiger charge is 2.34. The lowest BCUT2D eigenvalue weighted by Crippen LogP contribution is -2.38. The predicted molar refractivity (Wildman–Crippen MR) is 66.0 cm³/mol. The van der Waals surface area contributed by atoms with Crippen molar-refractivity contribution in [1.29, 1.82) is 0 Å². The molecule has 1 fully saturated rings. The van der Waals surface area contributed by atoms with Crippen molar-refractivity contribution < 1.29 is 24.9 Å². The molecule has 0 radical (unpaired) electrons. The molecule has 2 rings (SSSR count). The monoisotopic (exact) mass is 265 g/mol. The summed E-state index contributed by atoms with van der Waals surface area (Å²) in [6.07, 6.45) is 1.60. The third-order valence-corrected chi connectivity index (χ3v) is 3.15. The lowest BCUT2D eigenvalue weighted by atomic mass is 10.1. The van der Waals surface area contributed by atoms with Crippen LogP contribution >= 0.6 is 0 Å². The van der Waals surface area contributed by atoms with E-state index < -0.39 is 17.9 Å². The first-order chi connectivity index (χ1) is 8.99. The van der Waals surface area contributed by atoms with Gasteiger partial charge in [0.1, 0.15) is 17.1 Å². The number of benzene rings is 1. The fourth-order valence-corrected chi connectivity index (χ4v) is 2.02. The fourth-order valence-electron chi connectivity index (χ4n) is 2.02. The molecule has 0 aliphatic heterocycles. The maximum atomic E-state index is 12.0. The first-order valence-electron chi connectivity index (χ1n) is 6.02. The van der Waals surface area contributed by atoms with Gasteiger partial charge in [0.25, 0.3) is 5.91 Å². The van der Waals surface area contributed by atoms with Crippen LogP contribution in [0.1, 0.15) is 29.6 Å². The number of nitrogens with one attached hydrogen (secondary N) is 1. The number of amides is 1. The van der Waals surface area contributed by atoms with Gasteiger partial charge < -0.3 is 20.6 Å². The standard InChI is InChI=1S/C13H15NO5/c15-9-2-1-3-10(16)12(9)13(19)14-8(6-11(17)18)7-4-5-7/h1-3,7-8,15-16H,4-6H2,(H,14,19)(H,17,18). The maximum Gasteiger partial charge on any atom is 0.305 e. The molecule has 19 heavy (non-hydrogen) atoms. The summed E-state index contributed by atoms with van der Waals surface area (Å²) in [5.41, 5.74) is -0.224. The number of hydrogen-bond donors (Lipinski definition) is 4. The van der Waals surface area contributed by atoms with Crippen LogP contribution in [0.5, 0.6) is 11.5 Å². The molecule has 0 aromatic heterocycles. The normalized spacial score (nSPS) is 15.8. The Morgan fingerprint density at radius 3 is 2.32 bits per heavy atom. The summed E-state index contributed by atoms with van der Waals surface area (Å²) in [6, 6.07) is 3.52. The molecule has 0 spiro atoms. The molecule has 1 amide bonds. The number of carbonyl (C=O) groups is 2. The Hall–Kier alpha value is -2.24. The molecule has 6 nitrogen and oxygen atoms in total. The Morgan fingerprint density at radius 2 is 1.84 bits per heavy atom. The molecule has 1 aliphatic carbocycles. The Bertz CT molecular complexity index is 490. The Labute approximate surface area is 109 Å². The van der Waals surface area contributed by atoms with Crippen LogP contribution in [0.3, 0.4) is 0 Å². The van der Waals surface area contributed by atoms with E-state index in [1.54, 1.807) is 0 Å². The molecular weight excluding hydrogens is 250 g/mol. The number of carboxylic acids is 1. The van der Waals surface area contributed by atoms with Crippen molar-refractivity contribution in [2.75, 3.05) is 0 Å². The molecule has 0 saturated heterocycles. The minimum atomic E-state index is -0.987. The lowest BCUT2D eigenvalue weighted by molar-refractivity contribution is -0.137. The second-order valence-corrected chi connectivity index (χ2v) is 4.69. The summed E-state index contributed by atoms with van der Waals surface area (Å²) in [5.74, 6) is -2.15. The van der Waals surface area contributed by atoms with Crippen LogP contribution < -0.4 is 5.32 Å². The van der Waals surface area contributed by atoms with Crippen molar-refractivity contribution in [2.45, 2.75) is 25.3 Å². The van der Waals surface area contributed by atoms with E-state index in [2.05, 4.69) is 5.32 Å². The van der Waals surface area contributed by atoms with Gasteiger partial charge in [-0.1, -0.05) is 6.07 Å². The van der Waals surface area contributed by atoms with Gasteiger partial charge in [0.2, 0.25) is 0 Å². The van der Waals surface area contributed by atoms with Gasteiger partial charge in [0.05, 0.1) is 6.42 Å². The van der Waals surface area contributed by atoms with Gasteiger partial charge >= 0.3 is 5.97 Å². The van der Waals surface area contributed by atoms with Crippen molar-refractivity contribution in [3.8, 4) is 11.5 Å². The van der Waals surface area contributed by atoms with Crippen molar-refractivity contribution in [3.63, 3.8) is 0 Å². The number of carboxylic acid groups (broad SMARTS) is 1. The molecule has 0 heterocycles. The van der Waals surface area contributed by atoms with Gasteiger partial charge in [-0.2, -0.15) is 0 Å². The summed E-state index contributed by atoms with van der Waals surface area (Å²) < 4.78 is 0. The van der Waals surface area contributed by atoms with E-state index in [9.17, 15) is 19.8 Å². The summed E-state index contributed by atoms with van der Waals surface area (Å²) in [4.78, 5) is 22.7. The van der Waals surface area contributed by atoms with Crippen molar-refractivity contribution in [1.82, 2.24) is 5.32 Å². The second kappa shape index (κ2) is 5.17. The number of phenols is 2. The van der Waals surface area contributed by atoms with Crippen LogP contribution in [-0.4, -0.2) is 33.2 Å². The van der Waals surface area contributed by atoms with E-state index in [0.717, 1.165) is 12.8 Å². The summed E-state index contributed by atoms with van der Waals surface area (Å²) >= 11 is 0. The molecular formula is C13H15NO5. The Morgan fingerprint density at radius 1 is 1.26 bits per heavy atom. The topological polar surface area (TPSA) is 107 Å². The Balaban J connectivity index is 2.12. The largest absolute Gasteiger partial charge is 0.507 e. The quantitative estimate of drug-likeness (QED) is 0.637. The SMILES string of the molecule is O=C(O)CC(NC(=O)c1c(O)cccc1O)C1CC1. The lowest BCUT2D eigenvalue weighted by Gasteiger charge is -2.17. The van der Waals surface area contributed by atoms with Crippen LogP contribution in [0, 0.1) is 5.92 Å². The zero-order chi connectivity index (χ0) is 14.0. The molecule has 1 saturated carbocycles. The number of phenolic OH excluding ortho intramolecular Hbond substituents is 2. The van der Waals surface area contributed by atoms with Gasteiger partial charge in [-0.05, 0) is 30.9 Å². The molecule has 1 aromatic carbocycles. The van der Waals surface area contributed by atoms with Crippen LogP contribution in [-0.2, 0) is 4.79 Å². The zero-order valence-corrected chi connectivity index (χ0v) is 10.2. The predicted octanol–water partition coefficient (Wildman–Crippen LogP) is 1.08. The summed E-state index contributed by atoms with van der Waals surface area (Å²) in [5, 5.41) is 30.5. The average Bonchev–Trinajstić information content (AvgIpc) is 3.10. The highest BCUT2D eigenvalue weighted by molar-refractivity contribution is 5.99. The van der Waals surface area contributed by atoms with E-state index in [1.165, 1.54) is 18.2 Å². The van der Waals surface area contributed by atoms with Crippen LogP contribution in [0.15, 0.2) is 18.2 Å². The third-order valence-electron chi connectivity index (χ3n) is 3.15. The van der Waals surface area contributed by atoms with E-state index in [0.29, 0.717) is 0 Å². The molecule has 4 N–H and O–H groups in total. The smallest absolute Gasteiger partial charge is 0.305 e. The van der Waals surface area contributed by atoms with Gasteiger partial charge in [0, 0.05) is 6.04 Å². The number of hydrogen-bond acceptors (Lipinski definition) is 4. The molecule has 1 aliphatic rings. The maximum absolute atomic E-state index is 12.0. The average molecular weight is 265 g/mol. The van der Waals surface area contributed by atoms with E-state index in [4.69, 9.17) is 5.11 Å². The highest BCUT2D eigenvalue weighted by Crippen LogP contribution is 2.35. The number of rotatable bonds is 5. The number of carbonyl (C=O) groups excluding carboxylic acids is 1. The first kappa shape index (κ1) is 13.2. The van der Waals surface area contributed by atoms with Crippen molar-refractivity contribution in [2.24, 2.45) is 5.92 Å². The van der Waals surface area contributed by atoms with Crippen molar-refractivity contribution >= 4 is 11.9 Å². The number of aromatic hydroxyl groups is 2. The molecule has 102 valence electrons. The summed E-state index contributed by atoms with van der Waals surface area (Å²) in [7, 11) is 0. The molecule has 1 unspecified atom stereocenters. The van der Waals surface area contributed by atoms with E-state index in [1.807, 2.05) is 0 Å². The van der Waals surface area contributed by atoms with E-state index >= 15 is 0 Å². The Kier molecular flexibility index (Phi) is 3.59. The first-order valence-corrected chi connectivity index (χ1v) is 6.02. The molecule has 1 aromatic rings. The van der Waals surface area contributed by atoms with Gasteiger partial charge in [-0.15, -0.1) is 0 Å². The van der Waals surface area contributed by atoms with Crippen LogP contribution in [0.4, 0.5) is 0 Å². The second-order valence-electron chi connectivity index (χ2n) is 4.69. The minimum absolute atomic E-state index is 0.160. The zero-order valence-electron chi connectivity index (χ0n) is 10.2. The minimum Gasteiger partial charge on any atom is -0.507 e. The third kappa shape index (κ3) is 3.15. The highest BCUT2D eigenvalue weighted by atomic mass is 16.4. The van der Waals surface area contributed by atoms with Gasteiger partial charge in [-0.3, -0.25) is 9.59 Å². The van der Waals surface area contributed by atoms with Crippen LogP contribution in [0.2, 0.25) is 0 Å². The van der Waals surface area contributed by atoms with Gasteiger partial charge in [-0.25, -0.2) is 0 Å². The molecule has 0 bridgehead atoms. The number of aliphatic carboxylic acids is 1. The fraction of sp³-hybridized carbons (Fsp3) is 0.385. The molecule has 6 heteroatoms. The van der Waals surface area contributed by atoms with Crippen molar-refractivity contribution in [3.05, 3.63) is 23.8 Å².